The lowest BCUT2D eigenvalue weighted by atomic mass is 10.2. The summed E-state index contributed by atoms with van der Waals surface area (Å²) in [5.74, 6) is 0.811. The van der Waals surface area contributed by atoms with Gasteiger partial charge in [-0.15, -0.1) is 0 Å². The fourth-order valence-electron chi connectivity index (χ4n) is 3.22. The molecule has 3 rings (SSSR count). The van der Waals surface area contributed by atoms with E-state index in [-0.39, 0.29) is 17.0 Å². The van der Waals surface area contributed by atoms with E-state index in [9.17, 15) is 8.42 Å². The van der Waals surface area contributed by atoms with Crippen molar-refractivity contribution < 1.29 is 17.9 Å². The molecule has 122 valence electrons. The second kappa shape index (κ2) is 6.06. The van der Waals surface area contributed by atoms with Gasteiger partial charge < -0.3 is 14.4 Å². The average Bonchev–Trinajstić information content (AvgIpc) is 2.94. The molecule has 2 aliphatic rings. The Morgan fingerprint density at radius 2 is 1.95 bits per heavy atom. The van der Waals surface area contributed by atoms with E-state index in [1.165, 1.54) is 0 Å². The van der Waals surface area contributed by atoms with E-state index in [0.29, 0.717) is 24.7 Å². The first-order valence-corrected chi connectivity index (χ1v) is 9.05. The van der Waals surface area contributed by atoms with Crippen LogP contribution < -0.4 is 14.2 Å². The molecule has 0 saturated heterocycles. The standard InChI is InChI=1S/C15H22N2O4S/c1-17(2)12-6-3-5-11(12)16-22(18,19)14-8-4-7-13-15(14)21-10-9-20-13/h4,7-8,11-12,16H,3,5-6,9-10H2,1-2H3/t11-,12-/m0/s1. The van der Waals surface area contributed by atoms with E-state index < -0.39 is 10.0 Å². The Bertz CT molecular complexity index is 645. The zero-order valence-corrected chi connectivity index (χ0v) is 13.7. The quantitative estimate of drug-likeness (QED) is 0.901. The van der Waals surface area contributed by atoms with Gasteiger partial charge in [0.15, 0.2) is 11.5 Å². The highest BCUT2D eigenvalue weighted by Crippen LogP contribution is 2.36. The third kappa shape index (κ3) is 2.93. The van der Waals surface area contributed by atoms with Crippen LogP contribution in [0.15, 0.2) is 23.1 Å². The predicted molar refractivity (Wildman–Crippen MR) is 82.9 cm³/mol. The summed E-state index contributed by atoms with van der Waals surface area (Å²) in [6, 6.07) is 5.13. The first-order chi connectivity index (χ1) is 10.5. The molecule has 2 atom stereocenters. The highest BCUT2D eigenvalue weighted by molar-refractivity contribution is 7.89. The number of para-hydroxylation sites is 1. The van der Waals surface area contributed by atoms with Crippen molar-refractivity contribution in [1.82, 2.24) is 9.62 Å². The topological polar surface area (TPSA) is 67.9 Å². The van der Waals surface area contributed by atoms with Gasteiger partial charge >= 0.3 is 0 Å². The van der Waals surface area contributed by atoms with Crippen LogP contribution in [0.5, 0.6) is 11.5 Å². The molecule has 1 aromatic carbocycles. The Morgan fingerprint density at radius 3 is 2.73 bits per heavy atom. The van der Waals surface area contributed by atoms with Crippen LogP contribution in [0.3, 0.4) is 0 Å². The fourth-order valence-corrected chi connectivity index (χ4v) is 4.68. The number of benzene rings is 1. The summed E-state index contributed by atoms with van der Waals surface area (Å²) in [6.45, 7) is 0.804. The van der Waals surface area contributed by atoms with Crippen LogP contribution in [0.1, 0.15) is 19.3 Å². The maximum atomic E-state index is 12.8. The fraction of sp³-hybridized carbons (Fsp3) is 0.600. The summed E-state index contributed by atoms with van der Waals surface area (Å²) in [4.78, 5) is 2.24. The maximum absolute atomic E-state index is 12.8. The molecule has 0 unspecified atom stereocenters. The molecular formula is C15H22N2O4S. The van der Waals surface area contributed by atoms with Crippen molar-refractivity contribution >= 4 is 10.0 Å². The summed E-state index contributed by atoms with van der Waals surface area (Å²) in [6.07, 6.45) is 2.89. The van der Waals surface area contributed by atoms with Crippen molar-refractivity contribution in [2.45, 2.75) is 36.2 Å². The van der Waals surface area contributed by atoms with E-state index >= 15 is 0 Å². The molecular weight excluding hydrogens is 304 g/mol. The van der Waals surface area contributed by atoms with Gasteiger partial charge in [0.2, 0.25) is 10.0 Å². The molecule has 0 bridgehead atoms. The van der Waals surface area contributed by atoms with Crippen LogP contribution in [0, 0.1) is 0 Å². The number of fused-ring (bicyclic) bond motifs is 1. The van der Waals surface area contributed by atoms with E-state index in [0.717, 1.165) is 19.3 Å². The van der Waals surface area contributed by atoms with Crippen molar-refractivity contribution in [1.29, 1.82) is 0 Å². The van der Waals surface area contributed by atoms with Gasteiger partial charge in [-0.25, -0.2) is 13.1 Å². The van der Waals surface area contributed by atoms with Crippen LogP contribution in [-0.4, -0.2) is 52.7 Å². The van der Waals surface area contributed by atoms with Crippen LogP contribution in [0.25, 0.3) is 0 Å². The largest absolute Gasteiger partial charge is 0.486 e. The molecule has 1 fully saturated rings. The highest BCUT2D eigenvalue weighted by atomic mass is 32.2. The third-order valence-corrected chi connectivity index (χ3v) is 5.78. The number of hydrogen-bond donors (Lipinski definition) is 1. The van der Waals surface area contributed by atoms with Crippen LogP contribution in [-0.2, 0) is 10.0 Å². The van der Waals surface area contributed by atoms with Crippen molar-refractivity contribution in [2.75, 3.05) is 27.3 Å². The molecule has 0 aromatic heterocycles. The number of hydrogen-bond acceptors (Lipinski definition) is 5. The second-order valence-electron chi connectivity index (χ2n) is 5.97. The molecule has 7 heteroatoms. The summed E-state index contributed by atoms with van der Waals surface area (Å²) in [5.41, 5.74) is 0. The third-order valence-electron chi connectivity index (χ3n) is 4.27. The molecule has 1 heterocycles. The van der Waals surface area contributed by atoms with Crippen molar-refractivity contribution in [2.24, 2.45) is 0 Å². The lowest BCUT2D eigenvalue weighted by Crippen LogP contribution is -2.46. The number of nitrogens with zero attached hydrogens (tertiary/aromatic N) is 1. The van der Waals surface area contributed by atoms with Gasteiger partial charge in [0.25, 0.3) is 0 Å². The van der Waals surface area contributed by atoms with Crippen molar-refractivity contribution in [3.63, 3.8) is 0 Å². The molecule has 1 aliphatic heterocycles. The normalized spacial score (nSPS) is 24.7. The summed E-state index contributed by atoms with van der Waals surface area (Å²) in [7, 11) is 0.336. The number of sulfonamides is 1. The van der Waals surface area contributed by atoms with Crippen LogP contribution in [0.2, 0.25) is 0 Å². The summed E-state index contributed by atoms with van der Waals surface area (Å²) in [5, 5.41) is 0. The molecule has 0 spiro atoms. The summed E-state index contributed by atoms with van der Waals surface area (Å²) >= 11 is 0. The van der Waals surface area contributed by atoms with Gasteiger partial charge in [-0.2, -0.15) is 0 Å². The average molecular weight is 326 g/mol. The first-order valence-electron chi connectivity index (χ1n) is 7.56. The van der Waals surface area contributed by atoms with E-state index in [4.69, 9.17) is 9.47 Å². The molecule has 1 aromatic rings. The van der Waals surface area contributed by atoms with Gasteiger partial charge in [0.1, 0.15) is 18.1 Å². The molecule has 0 amide bonds. The molecule has 1 N–H and O–H groups in total. The Hall–Kier alpha value is -1.31. The van der Waals surface area contributed by atoms with Crippen molar-refractivity contribution in [3.8, 4) is 11.5 Å². The number of rotatable bonds is 4. The minimum atomic E-state index is -3.63. The zero-order valence-electron chi connectivity index (χ0n) is 12.9. The Balaban J connectivity index is 1.87. The Morgan fingerprint density at radius 1 is 1.18 bits per heavy atom. The van der Waals surface area contributed by atoms with E-state index in [2.05, 4.69) is 9.62 Å². The van der Waals surface area contributed by atoms with Crippen molar-refractivity contribution in [3.05, 3.63) is 18.2 Å². The second-order valence-corrected chi connectivity index (χ2v) is 7.65. The number of likely N-dealkylation sites (N-methyl/N-ethyl adjacent to an activating group) is 1. The number of ether oxygens (including phenoxy) is 2. The molecule has 1 saturated carbocycles. The molecule has 6 nitrogen and oxygen atoms in total. The minimum absolute atomic E-state index is 0.0691. The lowest BCUT2D eigenvalue weighted by Gasteiger charge is -2.27. The van der Waals surface area contributed by atoms with Gasteiger partial charge in [-0.05, 0) is 39.1 Å². The Labute approximate surface area is 131 Å². The SMILES string of the molecule is CN(C)[C@H]1CCC[C@@H]1NS(=O)(=O)c1cccc2c1OCCO2. The van der Waals surface area contributed by atoms with E-state index in [1.807, 2.05) is 14.1 Å². The molecule has 1 aliphatic carbocycles. The molecule has 0 radical (unpaired) electrons. The van der Waals surface area contributed by atoms with Gasteiger partial charge in [0, 0.05) is 12.1 Å². The van der Waals surface area contributed by atoms with Crippen LogP contribution >= 0.6 is 0 Å². The van der Waals surface area contributed by atoms with Gasteiger partial charge in [0.05, 0.1) is 0 Å². The summed E-state index contributed by atoms with van der Waals surface area (Å²) < 4.78 is 39.4. The van der Waals surface area contributed by atoms with E-state index in [1.54, 1.807) is 18.2 Å². The minimum Gasteiger partial charge on any atom is -0.486 e. The highest BCUT2D eigenvalue weighted by Gasteiger charge is 2.34. The van der Waals surface area contributed by atoms with Gasteiger partial charge in [-0.3, -0.25) is 0 Å². The monoisotopic (exact) mass is 326 g/mol. The maximum Gasteiger partial charge on any atom is 0.244 e. The smallest absolute Gasteiger partial charge is 0.244 e. The van der Waals surface area contributed by atoms with Gasteiger partial charge in [-0.1, -0.05) is 12.5 Å². The number of nitrogens with one attached hydrogen (secondary N) is 1. The first kappa shape index (κ1) is 15.6. The molecule has 22 heavy (non-hydrogen) atoms. The zero-order chi connectivity index (χ0) is 15.7. The van der Waals surface area contributed by atoms with Crippen LogP contribution in [0.4, 0.5) is 0 Å². The lowest BCUT2D eigenvalue weighted by molar-refractivity contribution is 0.167. The predicted octanol–water partition coefficient (Wildman–Crippen LogP) is 1.22. The Kier molecular flexibility index (Phi) is 4.29.